The van der Waals surface area contributed by atoms with Gasteiger partial charge in [0.2, 0.25) is 0 Å². The molecule has 0 amide bonds. The summed E-state index contributed by atoms with van der Waals surface area (Å²) in [5.41, 5.74) is 1.04. The zero-order valence-corrected chi connectivity index (χ0v) is 9.25. The molecule has 2 heteroatoms. The highest BCUT2D eigenvalue weighted by Gasteiger charge is 2.14. The number of carbonyl (C=O) groups is 1. The molecule has 1 unspecified atom stereocenters. The summed E-state index contributed by atoms with van der Waals surface area (Å²) in [6, 6.07) is 9.78. The Kier molecular flexibility index (Phi) is 4.16. The van der Waals surface area contributed by atoms with Gasteiger partial charge in [0.05, 0.1) is 4.83 Å². The molecule has 0 spiro atoms. The molecule has 1 nitrogen and oxygen atoms in total. The molecule has 0 aliphatic heterocycles. The van der Waals surface area contributed by atoms with Crippen molar-refractivity contribution in [2.45, 2.75) is 24.6 Å². The van der Waals surface area contributed by atoms with Crippen molar-refractivity contribution >= 4 is 21.7 Å². The van der Waals surface area contributed by atoms with Crippen molar-refractivity contribution in [2.75, 3.05) is 0 Å². The van der Waals surface area contributed by atoms with Crippen LogP contribution in [0.5, 0.6) is 0 Å². The van der Waals surface area contributed by atoms with Gasteiger partial charge in [0.15, 0.2) is 5.78 Å². The van der Waals surface area contributed by atoms with Crippen LogP contribution in [0.2, 0.25) is 0 Å². The highest BCUT2D eigenvalue weighted by Crippen LogP contribution is 2.24. The number of Topliss-reactive ketones (excluding diaryl/α,β-unsaturated/α-hetero) is 1. The van der Waals surface area contributed by atoms with Gasteiger partial charge in [-0.2, -0.15) is 0 Å². The first-order chi connectivity index (χ1) is 6.25. The van der Waals surface area contributed by atoms with E-state index in [4.69, 9.17) is 0 Å². The van der Waals surface area contributed by atoms with E-state index in [0.29, 0.717) is 6.42 Å². The first-order valence-corrected chi connectivity index (χ1v) is 5.39. The van der Waals surface area contributed by atoms with Crippen LogP contribution in [-0.2, 0) is 4.79 Å². The molecule has 0 aliphatic rings. The van der Waals surface area contributed by atoms with Crippen LogP contribution in [0.4, 0.5) is 0 Å². The molecule has 1 aromatic rings. The molecule has 0 aromatic heterocycles. The zero-order valence-electron chi connectivity index (χ0n) is 7.66. The van der Waals surface area contributed by atoms with Gasteiger partial charge in [0, 0.05) is 6.42 Å². The molecular formula is C11H13BrO. The van der Waals surface area contributed by atoms with Gasteiger partial charge in [0.1, 0.15) is 0 Å². The summed E-state index contributed by atoms with van der Waals surface area (Å²) < 4.78 is 0. The lowest BCUT2D eigenvalue weighted by atomic mass is 10.1. The van der Waals surface area contributed by atoms with E-state index in [1.165, 1.54) is 0 Å². The number of carbonyl (C=O) groups excluding carboxylic acids is 1. The van der Waals surface area contributed by atoms with E-state index in [9.17, 15) is 4.79 Å². The van der Waals surface area contributed by atoms with Crippen LogP contribution in [-0.4, -0.2) is 5.78 Å². The second-order valence-corrected chi connectivity index (χ2v) is 3.91. The first-order valence-electron chi connectivity index (χ1n) is 4.47. The summed E-state index contributed by atoms with van der Waals surface area (Å²) in [6.07, 6.45) is 1.55. The summed E-state index contributed by atoms with van der Waals surface area (Å²) >= 11 is 3.40. The maximum atomic E-state index is 11.5. The normalized spacial score (nSPS) is 12.5. The third-order valence-electron chi connectivity index (χ3n) is 1.87. The van der Waals surface area contributed by atoms with Crippen molar-refractivity contribution in [3.63, 3.8) is 0 Å². The number of alkyl halides is 1. The first kappa shape index (κ1) is 10.5. The number of hydrogen-bond acceptors (Lipinski definition) is 1. The summed E-state index contributed by atoms with van der Waals surface area (Å²) in [4.78, 5) is 11.4. The number of halogens is 1. The molecule has 13 heavy (non-hydrogen) atoms. The van der Waals surface area contributed by atoms with Gasteiger partial charge in [-0.05, 0) is 12.0 Å². The standard InChI is InChI=1S/C11H13BrO/c1-2-6-10(13)11(12)9-7-4-3-5-8-9/h3-5,7-8,11H,2,6H2,1H3. The summed E-state index contributed by atoms with van der Waals surface area (Å²) in [7, 11) is 0. The molecule has 0 aliphatic carbocycles. The van der Waals surface area contributed by atoms with Gasteiger partial charge in [-0.25, -0.2) is 0 Å². The van der Waals surface area contributed by atoms with E-state index in [2.05, 4.69) is 15.9 Å². The third kappa shape index (κ3) is 2.96. The van der Waals surface area contributed by atoms with Crippen LogP contribution < -0.4 is 0 Å². The maximum Gasteiger partial charge on any atom is 0.150 e. The van der Waals surface area contributed by atoms with Crippen molar-refractivity contribution in [3.8, 4) is 0 Å². The SMILES string of the molecule is CCCC(=O)C(Br)c1ccccc1. The fraction of sp³-hybridized carbons (Fsp3) is 0.364. The summed E-state index contributed by atoms with van der Waals surface area (Å²) in [6.45, 7) is 2.02. The molecule has 1 atom stereocenters. The monoisotopic (exact) mass is 240 g/mol. The molecule has 0 N–H and O–H groups in total. The van der Waals surface area contributed by atoms with Crippen molar-refractivity contribution in [2.24, 2.45) is 0 Å². The van der Waals surface area contributed by atoms with Crippen molar-refractivity contribution in [1.82, 2.24) is 0 Å². The fourth-order valence-electron chi connectivity index (χ4n) is 1.18. The van der Waals surface area contributed by atoms with Crippen LogP contribution in [0.25, 0.3) is 0 Å². The number of rotatable bonds is 4. The summed E-state index contributed by atoms with van der Waals surface area (Å²) in [5.74, 6) is 0.258. The van der Waals surface area contributed by atoms with Crippen LogP contribution >= 0.6 is 15.9 Å². The minimum Gasteiger partial charge on any atom is -0.298 e. The zero-order chi connectivity index (χ0) is 9.68. The van der Waals surface area contributed by atoms with Gasteiger partial charge in [0.25, 0.3) is 0 Å². The minimum absolute atomic E-state index is 0.131. The minimum atomic E-state index is -0.131. The number of ketones is 1. The number of hydrogen-bond donors (Lipinski definition) is 0. The van der Waals surface area contributed by atoms with Gasteiger partial charge in [-0.15, -0.1) is 0 Å². The van der Waals surface area contributed by atoms with Gasteiger partial charge < -0.3 is 0 Å². The molecule has 1 aromatic carbocycles. The molecule has 1 rings (SSSR count). The van der Waals surface area contributed by atoms with Crippen LogP contribution in [0, 0.1) is 0 Å². The average molecular weight is 241 g/mol. The Hall–Kier alpha value is -0.630. The molecule has 0 fully saturated rings. The van der Waals surface area contributed by atoms with Crippen molar-refractivity contribution < 1.29 is 4.79 Å². The lowest BCUT2D eigenvalue weighted by Gasteiger charge is -2.07. The second kappa shape index (κ2) is 5.18. The Balaban J connectivity index is 2.68. The second-order valence-electron chi connectivity index (χ2n) is 2.99. The molecule has 0 bridgehead atoms. The Morgan fingerprint density at radius 2 is 2.00 bits per heavy atom. The van der Waals surface area contributed by atoms with Crippen molar-refractivity contribution in [3.05, 3.63) is 35.9 Å². The number of benzene rings is 1. The smallest absolute Gasteiger partial charge is 0.150 e. The third-order valence-corrected chi connectivity index (χ3v) is 2.91. The van der Waals surface area contributed by atoms with Crippen molar-refractivity contribution in [1.29, 1.82) is 0 Å². The average Bonchev–Trinajstić information content (AvgIpc) is 2.18. The Morgan fingerprint density at radius 3 is 2.54 bits per heavy atom. The lowest BCUT2D eigenvalue weighted by molar-refractivity contribution is -0.118. The highest BCUT2D eigenvalue weighted by molar-refractivity contribution is 9.09. The van der Waals surface area contributed by atoms with Gasteiger partial charge in [-0.3, -0.25) is 4.79 Å². The highest BCUT2D eigenvalue weighted by atomic mass is 79.9. The van der Waals surface area contributed by atoms with Crippen LogP contribution in [0.1, 0.15) is 30.2 Å². The molecular weight excluding hydrogens is 228 g/mol. The Morgan fingerprint density at radius 1 is 1.38 bits per heavy atom. The van der Waals surface area contributed by atoms with Gasteiger partial charge in [-0.1, -0.05) is 53.2 Å². The quantitative estimate of drug-likeness (QED) is 0.737. The molecule has 0 saturated carbocycles. The van der Waals surface area contributed by atoms with E-state index in [-0.39, 0.29) is 10.6 Å². The molecule has 0 radical (unpaired) electrons. The predicted molar refractivity (Wildman–Crippen MR) is 58.0 cm³/mol. The van der Waals surface area contributed by atoms with Crippen LogP contribution in [0.15, 0.2) is 30.3 Å². The van der Waals surface area contributed by atoms with Gasteiger partial charge >= 0.3 is 0 Å². The van der Waals surface area contributed by atoms with E-state index < -0.39 is 0 Å². The van der Waals surface area contributed by atoms with E-state index in [1.54, 1.807) is 0 Å². The van der Waals surface area contributed by atoms with E-state index in [0.717, 1.165) is 12.0 Å². The topological polar surface area (TPSA) is 17.1 Å². The molecule has 70 valence electrons. The Labute approximate surface area is 87.3 Å². The van der Waals surface area contributed by atoms with Crippen LogP contribution in [0.3, 0.4) is 0 Å². The van der Waals surface area contributed by atoms with E-state index >= 15 is 0 Å². The van der Waals surface area contributed by atoms with E-state index in [1.807, 2.05) is 37.3 Å². The maximum absolute atomic E-state index is 11.5. The fourth-order valence-corrected chi connectivity index (χ4v) is 1.72. The molecule has 0 saturated heterocycles. The summed E-state index contributed by atoms with van der Waals surface area (Å²) in [5, 5.41) is 0. The Bertz CT molecular complexity index is 269. The predicted octanol–water partition coefficient (Wildman–Crippen LogP) is 3.49. The largest absolute Gasteiger partial charge is 0.298 e. The molecule has 0 heterocycles. The lowest BCUT2D eigenvalue weighted by Crippen LogP contribution is -2.05.